The monoisotopic (exact) mass is 250 g/mol. The summed E-state index contributed by atoms with van der Waals surface area (Å²) in [5.41, 5.74) is 0.650. The van der Waals surface area contributed by atoms with Crippen molar-refractivity contribution >= 4 is 0 Å². The van der Waals surface area contributed by atoms with Gasteiger partial charge < -0.3 is 10.4 Å². The van der Waals surface area contributed by atoms with Crippen molar-refractivity contribution in [3.63, 3.8) is 0 Å². The number of hydrogen-bond acceptors (Lipinski definition) is 3. The predicted octanol–water partition coefficient (Wildman–Crippen LogP) is 2.05. The largest absolute Gasteiger partial charge is 0.508 e. The molecule has 0 bridgehead atoms. The standard InChI is InChI=1S/C14H19FN2O/c1-2-3-13(17-8-6-16-7-9-17)12-10-11(15)4-5-14(12)18/h2,4-5,10,13,16,18H,1,3,6-9H2/t13-/m1/s1. The Morgan fingerprint density at radius 3 is 2.83 bits per heavy atom. The number of benzene rings is 1. The van der Waals surface area contributed by atoms with Gasteiger partial charge in [-0.3, -0.25) is 4.90 Å². The summed E-state index contributed by atoms with van der Waals surface area (Å²) in [7, 11) is 0. The summed E-state index contributed by atoms with van der Waals surface area (Å²) in [6, 6.07) is 4.12. The van der Waals surface area contributed by atoms with Gasteiger partial charge in [0.1, 0.15) is 11.6 Å². The van der Waals surface area contributed by atoms with Crippen molar-refractivity contribution < 1.29 is 9.50 Å². The number of phenolic OH excluding ortho intramolecular Hbond substituents is 1. The molecule has 0 amide bonds. The normalized spacial score (nSPS) is 18.5. The van der Waals surface area contributed by atoms with E-state index in [9.17, 15) is 9.50 Å². The van der Waals surface area contributed by atoms with Crippen LogP contribution in [0.25, 0.3) is 0 Å². The molecule has 0 aliphatic carbocycles. The first-order chi connectivity index (χ1) is 8.72. The van der Waals surface area contributed by atoms with Crippen LogP contribution in [0.2, 0.25) is 0 Å². The lowest BCUT2D eigenvalue weighted by Gasteiger charge is -2.35. The lowest BCUT2D eigenvalue weighted by molar-refractivity contribution is 0.171. The van der Waals surface area contributed by atoms with E-state index in [0.29, 0.717) is 12.0 Å². The van der Waals surface area contributed by atoms with Gasteiger partial charge in [-0.2, -0.15) is 0 Å². The number of rotatable bonds is 4. The van der Waals surface area contributed by atoms with E-state index < -0.39 is 0 Å². The second-order valence-electron chi connectivity index (χ2n) is 4.53. The van der Waals surface area contributed by atoms with Crippen molar-refractivity contribution in [3.05, 3.63) is 42.2 Å². The van der Waals surface area contributed by atoms with Crippen LogP contribution in [0.4, 0.5) is 4.39 Å². The molecule has 0 spiro atoms. The SMILES string of the molecule is C=CC[C@H](c1cc(F)ccc1O)N1CCNCC1. The molecule has 0 unspecified atom stereocenters. The van der Waals surface area contributed by atoms with E-state index in [-0.39, 0.29) is 17.6 Å². The average molecular weight is 250 g/mol. The van der Waals surface area contributed by atoms with E-state index in [1.54, 1.807) is 0 Å². The van der Waals surface area contributed by atoms with E-state index in [1.807, 2.05) is 6.08 Å². The fourth-order valence-electron chi connectivity index (χ4n) is 2.42. The maximum Gasteiger partial charge on any atom is 0.123 e. The lowest BCUT2D eigenvalue weighted by Crippen LogP contribution is -2.45. The third-order valence-electron chi connectivity index (χ3n) is 3.33. The van der Waals surface area contributed by atoms with Gasteiger partial charge in [0.15, 0.2) is 0 Å². The Morgan fingerprint density at radius 1 is 1.44 bits per heavy atom. The Labute approximate surface area is 107 Å². The molecule has 0 radical (unpaired) electrons. The number of aromatic hydroxyl groups is 1. The first kappa shape index (κ1) is 13.1. The molecule has 1 atom stereocenters. The summed E-state index contributed by atoms with van der Waals surface area (Å²) < 4.78 is 13.3. The fourth-order valence-corrected chi connectivity index (χ4v) is 2.42. The zero-order valence-electron chi connectivity index (χ0n) is 10.4. The van der Waals surface area contributed by atoms with Crippen LogP contribution in [0.5, 0.6) is 5.75 Å². The first-order valence-electron chi connectivity index (χ1n) is 6.26. The molecule has 1 heterocycles. The molecule has 3 nitrogen and oxygen atoms in total. The molecule has 4 heteroatoms. The average Bonchev–Trinajstić information content (AvgIpc) is 2.40. The summed E-state index contributed by atoms with van der Waals surface area (Å²) in [4.78, 5) is 2.26. The molecule has 1 aromatic rings. The van der Waals surface area contributed by atoms with Gasteiger partial charge in [-0.1, -0.05) is 6.08 Å². The van der Waals surface area contributed by atoms with Gasteiger partial charge >= 0.3 is 0 Å². The highest BCUT2D eigenvalue weighted by Crippen LogP contribution is 2.32. The van der Waals surface area contributed by atoms with Crippen molar-refractivity contribution in [1.82, 2.24) is 10.2 Å². The van der Waals surface area contributed by atoms with Gasteiger partial charge in [0, 0.05) is 37.8 Å². The molecule has 98 valence electrons. The van der Waals surface area contributed by atoms with Crippen LogP contribution in [-0.4, -0.2) is 36.2 Å². The zero-order valence-corrected chi connectivity index (χ0v) is 10.4. The molecular formula is C14H19FN2O. The predicted molar refractivity (Wildman–Crippen MR) is 70.1 cm³/mol. The Balaban J connectivity index is 2.27. The Bertz CT molecular complexity index is 416. The second-order valence-corrected chi connectivity index (χ2v) is 4.53. The molecule has 1 fully saturated rings. The van der Waals surface area contributed by atoms with E-state index >= 15 is 0 Å². The number of phenols is 1. The van der Waals surface area contributed by atoms with Crippen molar-refractivity contribution in [2.75, 3.05) is 26.2 Å². The fraction of sp³-hybridized carbons (Fsp3) is 0.429. The van der Waals surface area contributed by atoms with Gasteiger partial charge in [-0.25, -0.2) is 4.39 Å². The third-order valence-corrected chi connectivity index (χ3v) is 3.33. The molecule has 1 saturated heterocycles. The number of halogens is 1. The first-order valence-corrected chi connectivity index (χ1v) is 6.26. The maximum absolute atomic E-state index is 13.3. The highest BCUT2D eigenvalue weighted by Gasteiger charge is 2.23. The van der Waals surface area contributed by atoms with Crippen molar-refractivity contribution in [2.45, 2.75) is 12.5 Å². The van der Waals surface area contributed by atoms with E-state index in [4.69, 9.17) is 0 Å². The number of nitrogens with one attached hydrogen (secondary N) is 1. The number of hydrogen-bond donors (Lipinski definition) is 2. The number of nitrogens with zero attached hydrogens (tertiary/aromatic N) is 1. The van der Waals surface area contributed by atoms with E-state index in [2.05, 4.69) is 16.8 Å². The highest BCUT2D eigenvalue weighted by atomic mass is 19.1. The Hall–Kier alpha value is -1.39. The number of piperazine rings is 1. The van der Waals surface area contributed by atoms with Gasteiger partial charge in [-0.15, -0.1) is 6.58 Å². The summed E-state index contributed by atoms with van der Waals surface area (Å²) in [5, 5.41) is 13.2. The maximum atomic E-state index is 13.3. The van der Waals surface area contributed by atoms with Gasteiger partial charge in [-0.05, 0) is 24.6 Å². The van der Waals surface area contributed by atoms with Crippen LogP contribution in [0.1, 0.15) is 18.0 Å². The molecule has 2 N–H and O–H groups in total. The zero-order chi connectivity index (χ0) is 13.0. The second kappa shape index (κ2) is 5.98. The smallest absolute Gasteiger partial charge is 0.123 e. The topological polar surface area (TPSA) is 35.5 Å². The third kappa shape index (κ3) is 2.89. The van der Waals surface area contributed by atoms with Crippen LogP contribution in [0, 0.1) is 5.82 Å². The lowest BCUT2D eigenvalue weighted by atomic mass is 10.00. The van der Waals surface area contributed by atoms with Crippen LogP contribution in [0.3, 0.4) is 0 Å². The molecule has 0 saturated carbocycles. The minimum atomic E-state index is -0.313. The van der Waals surface area contributed by atoms with E-state index in [1.165, 1.54) is 18.2 Å². The molecular weight excluding hydrogens is 231 g/mol. The summed E-state index contributed by atoms with van der Waals surface area (Å²) >= 11 is 0. The summed E-state index contributed by atoms with van der Waals surface area (Å²) in [6.07, 6.45) is 2.52. The quantitative estimate of drug-likeness (QED) is 0.803. The van der Waals surface area contributed by atoms with Crippen molar-refractivity contribution in [1.29, 1.82) is 0 Å². The van der Waals surface area contributed by atoms with Crippen LogP contribution in [-0.2, 0) is 0 Å². The molecule has 1 aromatic carbocycles. The Morgan fingerprint density at radius 2 is 2.17 bits per heavy atom. The minimum Gasteiger partial charge on any atom is -0.508 e. The molecule has 0 aromatic heterocycles. The van der Waals surface area contributed by atoms with Gasteiger partial charge in [0.25, 0.3) is 0 Å². The van der Waals surface area contributed by atoms with E-state index in [0.717, 1.165) is 26.2 Å². The summed E-state index contributed by atoms with van der Waals surface area (Å²) in [5.74, 6) is -0.159. The van der Waals surface area contributed by atoms with Crippen LogP contribution in [0.15, 0.2) is 30.9 Å². The van der Waals surface area contributed by atoms with Crippen LogP contribution < -0.4 is 5.32 Å². The Kier molecular flexibility index (Phi) is 4.33. The van der Waals surface area contributed by atoms with Crippen molar-refractivity contribution in [2.24, 2.45) is 0 Å². The van der Waals surface area contributed by atoms with Crippen LogP contribution >= 0.6 is 0 Å². The van der Waals surface area contributed by atoms with Crippen molar-refractivity contribution in [3.8, 4) is 5.75 Å². The molecule has 1 aliphatic rings. The summed E-state index contributed by atoms with van der Waals surface area (Å²) in [6.45, 7) is 7.39. The molecule has 2 rings (SSSR count). The molecule has 18 heavy (non-hydrogen) atoms. The molecule has 1 aliphatic heterocycles. The highest BCUT2D eigenvalue weighted by molar-refractivity contribution is 5.35. The van der Waals surface area contributed by atoms with Gasteiger partial charge in [0.2, 0.25) is 0 Å². The van der Waals surface area contributed by atoms with Gasteiger partial charge in [0.05, 0.1) is 0 Å². The minimum absolute atomic E-state index is 0.000278.